The van der Waals surface area contributed by atoms with Crippen LogP contribution in [0.3, 0.4) is 0 Å². The Kier molecular flexibility index (Phi) is 4.90. The fraction of sp³-hybridized carbons (Fsp3) is 0.176. The Balaban J connectivity index is 2.27. The normalized spacial score (nSPS) is 9.67. The molecule has 0 fully saturated rings. The molecule has 0 amide bonds. The lowest BCUT2D eigenvalue weighted by molar-refractivity contribution is 0.604. The van der Waals surface area contributed by atoms with E-state index in [4.69, 9.17) is 10.5 Å². The maximum absolute atomic E-state index is 13.9. The second-order valence-electron chi connectivity index (χ2n) is 4.58. The molecule has 4 heteroatoms. The van der Waals surface area contributed by atoms with Crippen LogP contribution in [0.5, 0.6) is 0 Å². The van der Waals surface area contributed by atoms with Gasteiger partial charge in [0, 0.05) is 24.3 Å². The fourth-order valence-corrected chi connectivity index (χ4v) is 2.09. The summed E-state index contributed by atoms with van der Waals surface area (Å²) in [5.41, 5.74) is 1.81. The summed E-state index contributed by atoms with van der Waals surface area (Å²) in [4.78, 5) is 1.93. The first kappa shape index (κ1) is 14.6. The molecule has 0 radical (unpaired) electrons. The van der Waals surface area contributed by atoms with Crippen LogP contribution in [0.2, 0.25) is 0 Å². The third-order valence-corrected chi connectivity index (χ3v) is 3.15. The summed E-state index contributed by atoms with van der Waals surface area (Å²) in [5.74, 6) is -0.341. The van der Waals surface area contributed by atoms with Crippen molar-refractivity contribution in [1.82, 2.24) is 0 Å². The largest absolute Gasteiger partial charge is 0.366 e. The molecule has 0 bridgehead atoms. The van der Waals surface area contributed by atoms with Crippen molar-refractivity contribution in [2.45, 2.75) is 13.0 Å². The molecule has 0 aromatic heterocycles. The maximum Gasteiger partial charge on any atom is 0.128 e. The number of benzene rings is 2. The molecular formula is C17H14FN3. The smallest absolute Gasteiger partial charge is 0.128 e. The quantitative estimate of drug-likeness (QED) is 0.840. The summed E-state index contributed by atoms with van der Waals surface area (Å²) in [6.45, 7) is 0.837. The van der Waals surface area contributed by atoms with E-state index in [1.807, 2.05) is 41.3 Å². The topological polar surface area (TPSA) is 50.8 Å². The van der Waals surface area contributed by atoms with Gasteiger partial charge in [0.2, 0.25) is 0 Å². The van der Waals surface area contributed by atoms with Crippen molar-refractivity contribution in [3.05, 3.63) is 65.5 Å². The highest BCUT2D eigenvalue weighted by molar-refractivity contribution is 5.47. The van der Waals surface area contributed by atoms with Gasteiger partial charge in [-0.25, -0.2) is 4.39 Å². The minimum Gasteiger partial charge on any atom is -0.366 e. The summed E-state index contributed by atoms with van der Waals surface area (Å²) < 4.78 is 13.9. The Hall–Kier alpha value is -2.85. The van der Waals surface area contributed by atoms with Crippen molar-refractivity contribution in [2.75, 3.05) is 11.4 Å². The zero-order valence-electron chi connectivity index (χ0n) is 11.5. The third-order valence-electron chi connectivity index (χ3n) is 3.15. The van der Waals surface area contributed by atoms with Crippen LogP contribution in [0.25, 0.3) is 0 Å². The average Bonchev–Trinajstić information content (AvgIpc) is 2.54. The molecule has 0 aliphatic carbocycles. The van der Waals surface area contributed by atoms with E-state index in [1.165, 1.54) is 12.1 Å². The molecule has 21 heavy (non-hydrogen) atoms. The first-order valence-electron chi connectivity index (χ1n) is 6.60. The van der Waals surface area contributed by atoms with Crippen LogP contribution in [0.4, 0.5) is 10.1 Å². The van der Waals surface area contributed by atoms with E-state index >= 15 is 0 Å². The summed E-state index contributed by atoms with van der Waals surface area (Å²) in [5, 5.41) is 17.7. The van der Waals surface area contributed by atoms with E-state index in [1.54, 1.807) is 6.07 Å². The first-order valence-corrected chi connectivity index (χ1v) is 6.60. The molecule has 0 unspecified atom stereocenters. The number of rotatable bonds is 5. The van der Waals surface area contributed by atoms with E-state index in [0.29, 0.717) is 30.6 Å². The van der Waals surface area contributed by atoms with Crippen molar-refractivity contribution >= 4 is 5.69 Å². The standard InChI is InChI=1S/C17H14FN3/c18-17-8-7-14(12-20)11-15(17)13-21(10-4-9-19)16-5-2-1-3-6-16/h1-3,5-8,11H,4,10,13H2. The minimum atomic E-state index is -0.341. The van der Waals surface area contributed by atoms with Gasteiger partial charge in [0.05, 0.1) is 24.1 Å². The Labute approximate surface area is 123 Å². The van der Waals surface area contributed by atoms with E-state index in [2.05, 4.69) is 6.07 Å². The molecule has 2 aromatic carbocycles. The van der Waals surface area contributed by atoms with Crippen molar-refractivity contribution in [2.24, 2.45) is 0 Å². The predicted molar refractivity (Wildman–Crippen MR) is 78.8 cm³/mol. The van der Waals surface area contributed by atoms with Crippen LogP contribution >= 0.6 is 0 Å². The molecule has 2 rings (SSSR count). The number of hydrogen-bond acceptors (Lipinski definition) is 3. The molecule has 0 saturated heterocycles. The Morgan fingerprint density at radius 1 is 1.05 bits per heavy atom. The van der Waals surface area contributed by atoms with Crippen LogP contribution in [-0.4, -0.2) is 6.54 Å². The molecule has 0 aliphatic rings. The molecular weight excluding hydrogens is 265 g/mol. The molecule has 0 N–H and O–H groups in total. The van der Waals surface area contributed by atoms with Gasteiger partial charge in [0.15, 0.2) is 0 Å². The number of nitrogens with zero attached hydrogens (tertiary/aromatic N) is 3. The molecule has 0 atom stereocenters. The van der Waals surface area contributed by atoms with Crippen LogP contribution < -0.4 is 4.90 Å². The lowest BCUT2D eigenvalue weighted by Crippen LogP contribution is -2.24. The first-order chi connectivity index (χ1) is 10.2. The highest BCUT2D eigenvalue weighted by atomic mass is 19.1. The van der Waals surface area contributed by atoms with Gasteiger partial charge in [-0.2, -0.15) is 10.5 Å². The summed E-state index contributed by atoms with van der Waals surface area (Å²) in [7, 11) is 0. The molecule has 0 heterocycles. The molecule has 3 nitrogen and oxygen atoms in total. The Morgan fingerprint density at radius 2 is 1.81 bits per heavy atom. The van der Waals surface area contributed by atoms with Gasteiger partial charge in [-0.15, -0.1) is 0 Å². The van der Waals surface area contributed by atoms with Crippen molar-refractivity contribution in [3.63, 3.8) is 0 Å². The van der Waals surface area contributed by atoms with Gasteiger partial charge in [0.25, 0.3) is 0 Å². The second-order valence-corrected chi connectivity index (χ2v) is 4.58. The maximum atomic E-state index is 13.9. The zero-order valence-corrected chi connectivity index (χ0v) is 11.5. The molecule has 0 saturated carbocycles. The number of hydrogen-bond donors (Lipinski definition) is 0. The second kappa shape index (κ2) is 7.07. The monoisotopic (exact) mass is 279 g/mol. The molecule has 104 valence electrons. The molecule has 0 spiro atoms. The summed E-state index contributed by atoms with van der Waals surface area (Å²) >= 11 is 0. The number of nitriles is 2. The highest BCUT2D eigenvalue weighted by Gasteiger charge is 2.11. The number of anilines is 1. The van der Waals surface area contributed by atoms with Gasteiger partial charge in [-0.3, -0.25) is 0 Å². The minimum absolute atomic E-state index is 0.326. The lowest BCUT2D eigenvalue weighted by atomic mass is 10.1. The van der Waals surface area contributed by atoms with E-state index in [0.717, 1.165) is 5.69 Å². The predicted octanol–water partition coefficient (Wildman–Crippen LogP) is 3.62. The number of para-hydroxylation sites is 1. The Morgan fingerprint density at radius 3 is 2.48 bits per heavy atom. The van der Waals surface area contributed by atoms with Crippen LogP contribution in [0.1, 0.15) is 17.5 Å². The van der Waals surface area contributed by atoms with Crippen molar-refractivity contribution in [1.29, 1.82) is 10.5 Å². The molecule has 2 aromatic rings. The van der Waals surface area contributed by atoms with Gasteiger partial charge in [-0.05, 0) is 30.3 Å². The third kappa shape index (κ3) is 3.81. The van der Waals surface area contributed by atoms with Crippen LogP contribution in [0.15, 0.2) is 48.5 Å². The Bertz CT molecular complexity index is 683. The van der Waals surface area contributed by atoms with Gasteiger partial charge in [-0.1, -0.05) is 18.2 Å². The fourth-order valence-electron chi connectivity index (χ4n) is 2.09. The van der Waals surface area contributed by atoms with Gasteiger partial charge >= 0.3 is 0 Å². The SMILES string of the molecule is N#CCCN(Cc1cc(C#N)ccc1F)c1ccccc1. The zero-order chi connectivity index (χ0) is 15.1. The van der Waals surface area contributed by atoms with Crippen molar-refractivity contribution in [3.8, 4) is 12.1 Å². The van der Waals surface area contributed by atoms with Crippen LogP contribution in [-0.2, 0) is 6.54 Å². The molecule has 0 aliphatic heterocycles. The van der Waals surface area contributed by atoms with Crippen LogP contribution in [0, 0.1) is 28.5 Å². The van der Waals surface area contributed by atoms with E-state index < -0.39 is 0 Å². The number of halogens is 1. The van der Waals surface area contributed by atoms with E-state index in [-0.39, 0.29) is 5.82 Å². The lowest BCUT2D eigenvalue weighted by Gasteiger charge is -2.24. The van der Waals surface area contributed by atoms with E-state index in [9.17, 15) is 4.39 Å². The van der Waals surface area contributed by atoms with Crippen molar-refractivity contribution < 1.29 is 4.39 Å². The summed E-state index contributed by atoms with van der Waals surface area (Å²) in [6, 6.07) is 18.0. The summed E-state index contributed by atoms with van der Waals surface area (Å²) in [6.07, 6.45) is 0.356. The highest BCUT2D eigenvalue weighted by Crippen LogP contribution is 2.19. The van der Waals surface area contributed by atoms with Gasteiger partial charge < -0.3 is 4.90 Å². The van der Waals surface area contributed by atoms with Gasteiger partial charge in [0.1, 0.15) is 5.82 Å². The average molecular weight is 279 g/mol.